The molecule has 2 atom stereocenters. The number of ether oxygens (including phenoxy) is 2. The molecular weight excluding hydrogens is 412 g/mol. The van der Waals surface area contributed by atoms with Crippen molar-refractivity contribution in [2.45, 2.75) is 59.6 Å². The Labute approximate surface area is 196 Å². The van der Waals surface area contributed by atoms with Crippen molar-refractivity contribution >= 4 is 16.9 Å². The standard InChI is InChI=1S/C28H34N2O3/c1-19-25(26(31)32-15-20-8-6-5-7-9-20)23-12-22(10-11-24(23)29-19)33-18-30-17-28(4)14-21(30)13-27(2,3)16-28/h5-12,21,29H,13-18H2,1-4H3. The minimum atomic E-state index is -0.316. The van der Waals surface area contributed by atoms with E-state index in [1.165, 1.54) is 19.3 Å². The Bertz CT molecular complexity index is 1170. The van der Waals surface area contributed by atoms with Crippen molar-refractivity contribution in [2.75, 3.05) is 13.3 Å². The van der Waals surface area contributed by atoms with Crippen molar-refractivity contribution in [3.8, 4) is 5.75 Å². The van der Waals surface area contributed by atoms with Crippen LogP contribution in [0, 0.1) is 17.8 Å². The van der Waals surface area contributed by atoms with E-state index in [2.05, 4.69) is 30.7 Å². The molecule has 174 valence electrons. The highest BCUT2D eigenvalue weighted by Crippen LogP contribution is 2.52. The van der Waals surface area contributed by atoms with Crippen LogP contribution in [0.15, 0.2) is 48.5 Å². The van der Waals surface area contributed by atoms with Gasteiger partial charge in [-0.1, -0.05) is 51.1 Å². The number of aryl methyl sites for hydroxylation is 1. The summed E-state index contributed by atoms with van der Waals surface area (Å²) in [6, 6.07) is 16.3. The summed E-state index contributed by atoms with van der Waals surface area (Å²) in [7, 11) is 0. The quantitative estimate of drug-likeness (QED) is 0.467. The highest BCUT2D eigenvalue weighted by Gasteiger charge is 2.49. The summed E-state index contributed by atoms with van der Waals surface area (Å²) >= 11 is 0. The van der Waals surface area contributed by atoms with Crippen LogP contribution >= 0.6 is 0 Å². The van der Waals surface area contributed by atoms with Gasteiger partial charge in [-0.3, -0.25) is 4.90 Å². The fraction of sp³-hybridized carbons (Fsp3) is 0.464. The Morgan fingerprint density at radius 3 is 2.70 bits per heavy atom. The number of carbonyl (C=O) groups is 1. The summed E-state index contributed by atoms with van der Waals surface area (Å²) < 4.78 is 11.9. The van der Waals surface area contributed by atoms with Crippen molar-refractivity contribution in [3.63, 3.8) is 0 Å². The lowest BCUT2D eigenvalue weighted by molar-refractivity contribution is 0.0474. The third-order valence-electron chi connectivity index (χ3n) is 7.29. The molecule has 1 saturated carbocycles. The monoisotopic (exact) mass is 446 g/mol. The van der Waals surface area contributed by atoms with Crippen molar-refractivity contribution in [3.05, 3.63) is 65.4 Å². The number of esters is 1. The van der Waals surface area contributed by atoms with Crippen molar-refractivity contribution < 1.29 is 14.3 Å². The predicted octanol–water partition coefficient (Wildman–Crippen LogP) is 6.07. The van der Waals surface area contributed by atoms with Gasteiger partial charge in [0.1, 0.15) is 19.1 Å². The van der Waals surface area contributed by atoms with E-state index in [1.807, 2.05) is 55.5 Å². The lowest BCUT2D eigenvalue weighted by Gasteiger charge is -2.39. The molecule has 1 saturated heterocycles. The Balaban J connectivity index is 1.30. The van der Waals surface area contributed by atoms with Gasteiger partial charge in [0.05, 0.1) is 5.56 Å². The molecule has 2 unspecified atom stereocenters. The summed E-state index contributed by atoms with van der Waals surface area (Å²) in [5.74, 6) is 0.465. The van der Waals surface area contributed by atoms with E-state index in [9.17, 15) is 4.79 Å². The zero-order chi connectivity index (χ0) is 23.2. The molecule has 0 radical (unpaired) electrons. The summed E-state index contributed by atoms with van der Waals surface area (Å²) in [6.07, 6.45) is 3.75. The van der Waals surface area contributed by atoms with Crippen LogP contribution < -0.4 is 4.74 Å². The van der Waals surface area contributed by atoms with E-state index in [1.54, 1.807) is 0 Å². The maximum absolute atomic E-state index is 12.9. The first-order valence-electron chi connectivity index (χ1n) is 11.9. The van der Waals surface area contributed by atoms with E-state index < -0.39 is 0 Å². The number of hydrogen-bond donors (Lipinski definition) is 1. The fourth-order valence-corrected chi connectivity index (χ4v) is 6.34. The maximum atomic E-state index is 12.9. The van der Waals surface area contributed by atoms with Gasteiger partial charge in [-0.15, -0.1) is 0 Å². The van der Waals surface area contributed by atoms with Gasteiger partial charge >= 0.3 is 5.97 Å². The molecule has 0 spiro atoms. The lowest BCUT2D eigenvalue weighted by atomic mass is 9.65. The zero-order valence-electron chi connectivity index (χ0n) is 20.1. The number of hydrogen-bond acceptors (Lipinski definition) is 4. The van der Waals surface area contributed by atoms with Gasteiger partial charge in [0.25, 0.3) is 0 Å². The molecule has 1 aliphatic carbocycles. The molecular formula is C28H34N2O3. The number of aromatic nitrogens is 1. The SMILES string of the molecule is Cc1[nH]c2ccc(OCN3CC4(C)CC3CC(C)(C)C4)cc2c1C(=O)OCc1ccccc1. The van der Waals surface area contributed by atoms with Crippen molar-refractivity contribution in [2.24, 2.45) is 10.8 Å². The number of H-pyrrole nitrogens is 1. The Morgan fingerprint density at radius 2 is 1.91 bits per heavy atom. The van der Waals surface area contributed by atoms with Crippen LogP contribution in [-0.2, 0) is 11.3 Å². The first-order valence-corrected chi connectivity index (χ1v) is 11.9. The molecule has 2 fully saturated rings. The Hall–Kier alpha value is -2.79. The summed E-state index contributed by atoms with van der Waals surface area (Å²) in [5, 5.41) is 0.844. The zero-order valence-corrected chi connectivity index (χ0v) is 20.1. The molecule has 1 N–H and O–H groups in total. The number of likely N-dealkylation sites (tertiary alicyclic amines) is 1. The summed E-state index contributed by atoms with van der Waals surface area (Å²) in [4.78, 5) is 18.7. The van der Waals surface area contributed by atoms with Gasteiger partial charge in [-0.2, -0.15) is 0 Å². The molecule has 2 heterocycles. The van der Waals surface area contributed by atoms with Crippen LogP contribution in [-0.4, -0.2) is 35.2 Å². The molecule has 2 aromatic carbocycles. The molecule has 2 aliphatic rings. The minimum Gasteiger partial charge on any atom is -0.478 e. The molecule has 2 bridgehead atoms. The van der Waals surface area contributed by atoms with Crippen LogP contribution in [0.25, 0.3) is 10.9 Å². The number of rotatable bonds is 6. The van der Waals surface area contributed by atoms with E-state index >= 15 is 0 Å². The number of carbonyl (C=O) groups excluding carboxylic acids is 1. The number of benzene rings is 2. The minimum absolute atomic E-state index is 0.257. The van der Waals surface area contributed by atoms with Gasteiger partial charge in [-0.05, 0) is 60.8 Å². The Morgan fingerprint density at radius 1 is 1.12 bits per heavy atom. The number of fused-ring (bicyclic) bond motifs is 3. The summed E-state index contributed by atoms with van der Waals surface area (Å²) in [5.41, 5.74) is 4.05. The van der Waals surface area contributed by atoms with Crippen LogP contribution in [0.4, 0.5) is 0 Å². The largest absolute Gasteiger partial charge is 0.478 e. The highest BCUT2D eigenvalue weighted by molar-refractivity contribution is 6.05. The molecule has 5 nitrogen and oxygen atoms in total. The molecule has 3 aromatic rings. The predicted molar refractivity (Wildman–Crippen MR) is 130 cm³/mol. The molecule has 33 heavy (non-hydrogen) atoms. The number of nitrogens with zero attached hydrogens (tertiary/aromatic N) is 1. The molecule has 5 heteroatoms. The van der Waals surface area contributed by atoms with Crippen LogP contribution in [0.2, 0.25) is 0 Å². The first kappa shape index (κ1) is 22.0. The number of nitrogens with one attached hydrogen (secondary N) is 1. The fourth-order valence-electron chi connectivity index (χ4n) is 6.34. The average Bonchev–Trinajstić information content (AvgIpc) is 3.21. The smallest absolute Gasteiger partial charge is 0.340 e. The van der Waals surface area contributed by atoms with Crippen LogP contribution in [0.3, 0.4) is 0 Å². The lowest BCUT2D eigenvalue weighted by Crippen LogP contribution is -2.36. The van der Waals surface area contributed by atoms with Gasteiger partial charge in [0.15, 0.2) is 0 Å². The molecule has 1 aromatic heterocycles. The van der Waals surface area contributed by atoms with Gasteiger partial charge in [0, 0.05) is 29.2 Å². The van der Waals surface area contributed by atoms with E-state index in [0.29, 0.717) is 29.2 Å². The van der Waals surface area contributed by atoms with Crippen molar-refractivity contribution in [1.29, 1.82) is 0 Å². The Kier molecular flexibility index (Phi) is 5.48. The molecule has 0 amide bonds. The normalized spacial score (nSPS) is 24.2. The third-order valence-corrected chi connectivity index (χ3v) is 7.29. The maximum Gasteiger partial charge on any atom is 0.340 e. The second kappa shape index (κ2) is 8.21. The van der Waals surface area contributed by atoms with E-state index in [4.69, 9.17) is 9.47 Å². The third kappa shape index (κ3) is 4.51. The highest BCUT2D eigenvalue weighted by atomic mass is 16.5. The second-order valence-corrected chi connectivity index (χ2v) is 11.1. The van der Waals surface area contributed by atoms with Crippen molar-refractivity contribution in [1.82, 2.24) is 9.88 Å². The van der Waals surface area contributed by atoms with Crippen LogP contribution in [0.1, 0.15) is 61.6 Å². The summed E-state index contributed by atoms with van der Waals surface area (Å²) in [6.45, 7) is 11.0. The molecule has 5 rings (SSSR count). The van der Waals surface area contributed by atoms with Gasteiger partial charge < -0.3 is 14.5 Å². The molecule has 1 aliphatic heterocycles. The van der Waals surface area contributed by atoms with Gasteiger partial charge in [-0.25, -0.2) is 4.79 Å². The van der Waals surface area contributed by atoms with E-state index in [0.717, 1.165) is 34.5 Å². The van der Waals surface area contributed by atoms with E-state index in [-0.39, 0.29) is 12.6 Å². The average molecular weight is 447 g/mol. The first-order chi connectivity index (χ1) is 15.7. The van der Waals surface area contributed by atoms with Gasteiger partial charge in [0.2, 0.25) is 0 Å². The number of aromatic amines is 1. The second-order valence-electron chi connectivity index (χ2n) is 11.1. The topological polar surface area (TPSA) is 54.6 Å². The van der Waals surface area contributed by atoms with Crippen LogP contribution in [0.5, 0.6) is 5.75 Å².